The van der Waals surface area contributed by atoms with E-state index in [9.17, 15) is 14.4 Å². The summed E-state index contributed by atoms with van der Waals surface area (Å²) in [6.45, 7) is 6.71. The molecule has 0 amide bonds. The van der Waals surface area contributed by atoms with Gasteiger partial charge >= 0.3 is 17.9 Å². The zero-order chi connectivity index (χ0) is 59.2. The second-order valence-corrected chi connectivity index (χ2v) is 25.9. The molecule has 486 valence electrons. The molecule has 6 nitrogen and oxygen atoms in total. The van der Waals surface area contributed by atoms with Crippen LogP contribution in [-0.2, 0) is 28.6 Å². The molecule has 1 unspecified atom stereocenters. The van der Waals surface area contributed by atoms with E-state index < -0.39 is 6.10 Å². The highest BCUT2D eigenvalue weighted by atomic mass is 16.6. The number of hydrogen-bond acceptors (Lipinski definition) is 6. The lowest BCUT2D eigenvalue weighted by molar-refractivity contribution is -0.167. The fraction of sp³-hybridized carbons (Fsp3) is 0.934. The molecule has 0 aliphatic carbocycles. The fourth-order valence-corrected chi connectivity index (χ4v) is 11.9. The Hall–Kier alpha value is -1.85. The van der Waals surface area contributed by atoms with Crippen LogP contribution in [0.15, 0.2) is 12.2 Å². The molecule has 0 saturated heterocycles. The lowest BCUT2D eigenvalue weighted by Crippen LogP contribution is -2.30. The summed E-state index contributed by atoms with van der Waals surface area (Å²) in [6, 6.07) is 0. The maximum Gasteiger partial charge on any atom is 0.306 e. The van der Waals surface area contributed by atoms with Gasteiger partial charge in [-0.1, -0.05) is 386 Å². The Balaban J connectivity index is 4.01. The minimum atomic E-state index is -0.768. The van der Waals surface area contributed by atoms with E-state index in [4.69, 9.17) is 14.2 Å². The van der Waals surface area contributed by atoms with Crippen molar-refractivity contribution < 1.29 is 28.6 Å². The summed E-state index contributed by atoms with van der Waals surface area (Å²) in [6.07, 6.45) is 87.1. The van der Waals surface area contributed by atoms with E-state index in [0.29, 0.717) is 19.3 Å². The Labute approximate surface area is 513 Å². The standard InChI is InChI=1S/C76H146O6/c1-4-7-10-13-16-19-22-24-26-28-30-31-32-33-34-35-36-37-38-39-40-41-42-43-44-45-46-48-49-51-54-57-60-63-66-69-75(78)81-72-73(71-80-74(77)68-65-62-59-56-53-21-18-15-12-9-6-3)82-76(79)70-67-64-61-58-55-52-50-47-29-27-25-23-20-17-14-11-8-5-2/h27,29,73H,4-26,28,30-72H2,1-3H3/b29-27-. The predicted octanol–water partition coefficient (Wildman–Crippen LogP) is 26.0. The Morgan fingerprint density at radius 2 is 0.402 bits per heavy atom. The van der Waals surface area contributed by atoms with Crippen LogP contribution < -0.4 is 0 Å². The number of ether oxygens (including phenoxy) is 3. The molecule has 0 fully saturated rings. The van der Waals surface area contributed by atoms with Gasteiger partial charge < -0.3 is 14.2 Å². The number of unbranched alkanes of at least 4 members (excludes halogenated alkanes) is 58. The van der Waals surface area contributed by atoms with Gasteiger partial charge in [0.1, 0.15) is 13.2 Å². The SMILES string of the molecule is CCCCCCCCC/C=C\CCCCCCCCCC(=O)OC(COC(=O)CCCCCCCCCCCCC)COC(=O)CCCCCCCCCCCCCCCCCCCCCCCCCCCCCCCCCCCCC. The third-order valence-corrected chi connectivity index (χ3v) is 17.5. The third kappa shape index (κ3) is 68.9. The number of rotatable bonds is 71. The van der Waals surface area contributed by atoms with Gasteiger partial charge in [0.15, 0.2) is 6.10 Å². The third-order valence-electron chi connectivity index (χ3n) is 17.5. The molecule has 0 saturated carbocycles. The van der Waals surface area contributed by atoms with Crippen molar-refractivity contribution in [2.45, 2.75) is 444 Å². The average Bonchev–Trinajstić information content (AvgIpc) is 3.47. The summed E-state index contributed by atoms with van der Waals surface area (Å²) in [4.78, 5) is 38.4. The molecular weight excluding hydrogens is 1010 g/mol. The van der Waals surface area contributed by atoms with Gasteiger partial charge in [-0.05, 0) is 44.9 Å². The Morgan fingerprint density at radius 3 is 0.610 bits per heavy atom. The number of esters is 3. The van der Waals surface area contributed by atoms with Crippen LogP contribution in [0.25, 0.3) is 0 Å². The van der Waals surface area contributed by atoms with Gasteiger partial charge in [-0.3, -0.25) is 14.4 Å². The van der Waals surface area contributed by atoms with E-state index in [1.54, 1.807) is 0 Å². The van der Waals surface area contributed by atoms with Crippen LogP contribution in [0.3, 0.4) is 0 Å². The van der Waals surface area contributed by atoms with Crippen molar-refractivity contribution in [3.63, 3.8) is 0 Å². The monoisotopic (exact) mass is 1160 g/mol. The molecule has 0 aromatic carbocycles. The van der Waals surface area contributed by atoms with Crippen LogP contribution in [-0.4, -0.2) is 37.2 Å². The predicted molar refractivity (Wildman–Crippen MR) is 358 cm³/mol. The minimum Gasteiger partial charge on any atom is -0.462 e. The van der Waals surface area contributed by atoms with Gasteiger partial charge in [0.05, 0.1) is 0 Å². The molecule has 0 aromatic heterocycles. The van der Waals surface area contributed by atoms with Crippen LogP contribution in [0.1, 0.15) is 438 Å². The molecule has 6 heteroatoms. The maximum atomic E-state index is 12.9. The highest BCUT2D eigenvalue weighted by Gasteiger charge is 2.20. The van der Waals surface area contributed by atoms with Gasteiger partial charge in [-0.2, -0.15) is 0 Å². The molecule has 0 aromatic rings. The van der Waals surface area contributed by atoms with E-state index in [0.717, 1.165) is 57.8 Å². The van der Waals surface area contributed by atoms with Crippen LogP contribution in [0.5, 0.6) is 0 Å². The van der Waals surface area contributed by atoms with Gasteiger partial charge in [0.2, 0.25) is 0 Å². The van der Waals surface area contributed by atoms with Crippen molar-refractivity contribution in [3.05, 3.63) is 12.2 Å². The van der Waals surface area contributed by atoms with Crippen molar-refractivity contribution in [1.82, 2.24) is 0 Å². The maximum absolute atomic E-state index is 12.9. The summed E-state index contributed by atoms with van der Waals surface area (Å²) in [5.41, 5.74) is 0. The first kappa shape index (κ1) is 80.2. The fourth-order valence-electron chi connectivity index (χ4n) is 11.9. The van der Waals surface area contributed by atoms with Gasteiger partial charge in [0.25, 0.3) is 0 Å². The normalized spacial score (nSPS) is 12.0. The Bertz CT molecular complexity index is 1280. The summed E-state index contributed by atoms with van der Waals surface area (Å²) in [7, 11) is 0. The lowest BCUT2D eigenvalue weighted by atomic mass is 10.0. The Morgan fingerprint density at radius 1 is 0.232 bits per heavy atom. The number of hydrogen-bond donors (Lipinski definition) is 0. The molecule has 0 spiro atoms. The van der Waals surface area contributed by atoms with Gasteiger partial charge in [0, 0.05) is 19.3 Å². The van der Waals surface area contributed by atoms with E-state index in [1.807, 2.05) is 0 Å². The van der Waals surface area contributed by atoms with Crippen molar-refractivity contribution in [2.75, 3.05) is 13.2 Å². The Kier molecular flexibility index (Phi) is 70.0. The van der Waals surface area contributed by atoms with E-state index in [2.05, 4.69) is 32.9 Å². The zero-order valence-electron chi connectivity index (χ0n) is 56.1. The second kappa shape index (κ2) is 71.6. The summed E-state index contributed by atoms with van der Waals surface area (Å²) < 4.78 is 17.0. The second-order valence-electron chi connectivity index (χ2n) is 25.9. The van der Waals surface area contributed by atoms with Crippen LogP contribution in [0, 0.1) is 0 Å². The first-order valence-corrected chi connectivity index (χ1v) is 37.7. The molecule has 0 heterocycles. The van der Waals surface area contributed by atoms with Crippen molar-refractivity contribution in [3.8, 4) is 0 Å². The topological polar surface area (TPSA) is 78.9 Å². The first-order chi connectivity index (χ1) is 40.5. The number of carbonyl (C=O) groups excluding carboxylic acids is 3. The summed E-state index contributed by atoms with van der Waals surface area (Å²) in [5, 5.41) is 0. The summed E-state index contributed by atoms with van der Waals surface area (Å²) >= 11 is 0. The van der Waals surface area contributed by atoms with Crippen LogP contribution in [0.4, 0.5) is 0 Å². The first-order valence-electron chi connectivity index (χ1n) is 37.7. The molecule has 0 radical (unpaired) electrons. The smallest absolute Gasteiger partial charge is 0.306 e. The molecule has 1 atom stereocenters. The average molecular weight is 1160 g/mol. The quantitative estimate of drug-likeness (QED) is 0.0261. The van der Waals surface area contributed by atoms with Crippen molar-refractivity contribution in [1.29, 1.82) is 0 Å². The highest BCUT2D eigenvalue weighted by molar-refractivity contribution is 5.71. The minimum absolute atomic E-state index is 0.0652. The van der Waals surface area contributed by atoms with Gasteiger partial charge in [-0.15, -0.1) is 0 Å². The van der Waals surface area contributed by atoms with Gasteiger partial charge in [-0.25, -0.2) is 0 Å². The van der Waals surface area contributed by atoms with E-state index in [1.165, 1.54) is 340 Å². The zero-order valence-corrected chi connectivity index (χ0v) is 56.1. The number of carbonyl (C=O) groups is 3. The lowest BCUT2D eigenvalue weighted by Gasteiger charge is -2.18. The molecule has 0 bridgehead atoms. The molecule has 0 aliphatic heterocycles. The summed E-state index contributed by atoms with van der Waals surface area (Å²) in [5.74, 6) is -0.837. The van der Waals surface area contributed by atoms with Crippen LogP contribution >= 0.6 is 0 Å². The number of allylic oxidation sites excluding steroid dienone is 2. The molecular formula is C76H146O6. The highest BCUT2D eigenvalue weighted by Crippen LogP contribution is 2.20. The van der Waals surface area contributed by atoms with Crippen LogP contribution in [0.2, 0.25) is 0 Å². The van der Waals surface area contributed by atoms with Crippen molar-refractivity contribution >= 4 is 17.9 Å². The molecule has 0 N–H and O–H groups in total. The largest absolute Gasteiger partial charge is 0.462 e. The van der Waals surface area contributed by atoms with E-state index >= 15 is 0 Å². The van der Waals surface area contributed by atoms with E-state index in [-0.39, 0.29) is 31.1 Å². The molecule has 0 aliphatic rings. The molecule has 0 rings (SSSR count). The van der Waals surface area contributed by atoms with Crippen molar-refractivity contribution in [2.24, 2.45) is 0 Å². The molecule has 82 heavy (non-hydrogen) atoms.